The van der Waals surface area contributed by atoms with Crippen molar-refractivity contribution in [3.8, 4) is 0 Å². The molecular formula is C22H30N4O. The second kappa shape index (κ2) is 7.75. The molecule has 1 N–H and O–H groups in total. The Bertz CT molecular complexity index is 791. The van der Waals surface area contributed by atoms with Crippen molar-refractivity contribution in [3.63, 3.8) is 0 Å². The van der Waals surface area contributed by atoms with E-state index in [1.807, 2.05) is 11.1 Å². The lowest BCUT2D eigenvalue weighted by Gasteiger charge is -2.33. The van der Waals surface area contributed by atoms with Gasteiger partial charge in [0.25, 0.3) is 0 Å². The minimum Gasteiger partial charge on any atom is -0.334 e. The van der Waals surface area contributed by atoms with Crippen molar-refractivity contribution < 1.29 is 4.79 Å². The number of benzene rings is 1. The van der Waals surface area contributed by atoms with Crippen LogP contribution in [0.2, 0.25) is 0 Å². The van der Waals surface area contributed by atoms with Crippen LogP contribution in [0.25, 0.3) is 0 Å². The number of carbonyl (C=O) groups excluding carboxylic acids is 1. The fourth-order valence-corrected chi connectivity index (χ4v) is 4.04. The third kappa shape index (κ3) is 4.34. The smallest absolute Gasteiger partial charge is 0.317 e. The molecule has 4 rings (SSSR count). The van der Waals surface area contributed by atoms with Crippen molar-refractivity contribution in [1.29, 1.82) is 0 Å². The zero-order chi connectivity index (χ0) is 18.8. The number of imidazole rings is 1. The van der Waals surface area contributed by atoms with Gasteiger partial charge in [-0.25, -0.2) is 9.78 Å². The molecule has 144 valence electrons. The fraction of sp³-hybridized carbons (Fsp3) is 0.545. The van der Waals surface area contributed by atoms with Gasteiger partial charge in [0.05, 0.1) is 0 Å². The second-order valence-electron chi connectivity index (χ2n) is 8.24. The average molecular weight is 367 g/mol. The van der Waals surface area contributed by atoms with Crippen molar-refractivity contribution in [3.05, 3.63) is 53.1 Å². The topological polar surface area (TPSA) is 50.2 Å². The molecule has 0 radical (unpaired) electrons. The molecule has 2 amide bonds. The highest BCUT2D eigenvalue weighted by Gasteiger charge is 2.30. The van der Waals surface area contributed by atoms with Crippen LogP contribution in [0.5, 0.6) is 0 Å². The van der Waals surface area contributed by atoms with Crippen molar-refractivity contribution in [2.75, 3.05) is 13.1 Å². The average Bonchev–Trinajstić information content (AvgIpc) is 3.46. The van der Waals surface area contributed by atoms with E-state index in [-0.39, 0.29) is 6.03 Å². The first-order valence-corrected chi connectivity index (χ1v) is 10.2. The maximum atomic E-state index is 12.6. The van der Waals surface area contributed by atoms with Gasteiger partial charge in [-0.3, -0.25) is 0 Å². The van der Waals surface area contributed by atoms with E-state index >= 15 is 0 Å². The minimum absolute atomic E-state index is 0.0602. The summed E-state index contributed by atoms with van der Waals surface area (Å²) in [7, 11) is 0. The maximum absolute atomic E-state index is 12.6. The Kier molecular flexibility index (Phi) is 5.19. The Hall–Kier alpha value is -2.30. The lowest BCUT2D eigenvalue weighted by molar-refractivity contribution is 0.158. The standard InChI is InChI=1S/C22H30N4O/c1-16-5-7-18(8-6-16)13-24-22(27)25-11-3-4-19(14-25)15-26-17(2)12-23-21(26)20-9-10-20/h5-8,12,19-20H,3-4,9-11,13-15H2,1-2H3,(H,24,27). The number of nitrogens with zero attached hydrogens (tertiary/aromatic N) is 3. The number of urea groups is 1. The molecule has 1 aliphatic heterocycles. The summed E-state index contributed by atoms with van der Waals surface area (Å²) in [4.78, 5) is 19.3. The van der Waals surface area contributed by atoms with Crippen molar-refractivity contribution in [2.24, 2.45) is 5.92 Å². The van der Waals surface area contributed by atoms with Gasteiger partial charge in [0.15, 0.2) is 0 Å². The number of piperidine rings is 1. The summed E-state index contributed by atoms with van der Waals surface area (Å²) in [6.45, 7) is 7.49. The van der Waals surface area contributed by atoms with Gasteiger partial charge in [0.2, 0.25) is 0 Å². The van der Waals surface area contributed by atoms with E-state index in [2.05, 4.69) is 53.0 Å². The molecule has 5 nitrogen and oxygen atoms in total. The first kappa shape index (κ1) is 18.1. The van der Waals surface area contributed by atoms with E-state index in [1.54, 1.807) is 0 Å². The summed E-state index contributed by atoms with van der Waals surface area (Å²) in [6.07, 6.45) is 6.81. The number of amides is 2. The number of carbonyl (C=O) groups is 1. The minimum atomic E-state index is 0.0602. The van der Waals surface area contributed by atoms with Crippen LogP contribution in [0.3, 0.4) is 0 Å². The second-order valence-corrected chi connectivity index (χ2v) is 8.24. The lowest BCUT2D eigenvalue weighted by Crippen LogP contribution is -2.46. The van der Waals surface area contributed by atoms with Crippen LogP contribution < -0.4 is 5.32 Å². The van der Waals surface area contributed by atoms with Crippen molar-refractivity contribution >= 4 is 6.03 Å². The van der Waals surface area contributed by atoms with Gasteiger partial charge in [0.1, 0.15) is 5.82 Å². The van der Waals surface area contributed by atoms with Crippen LogP contribution in [0.15, 0.2) is 30.5 Å². The molecule has 1 aromatic carbocycles. The Morgan fingerprint density at radius 1 is 1.19 bits per heavy atom. The van der Waals surface area contributed by atoms with Gasteiger partial charge in [-0.2, -0.15) is 0 Å². The third-order valence-electron chi connectivity index (χ3n) is 5.84. The van der Waals surface area contributed by atoms with Crippen LogP contribution in [0.1, 0.15) is 54.2 Å². The van der Waals surface area contributed by atoms with Crippen molar-refractivity contribution in [1.82, 2.24) is 19.8 Å². The molecule has 1 saturated carbocycles. The van der Waals surface area contributed by atoms with Crippen LogP contribution in [-0.4, -0.2) is 33.6 Å². The molecule has 1 unspecified atom stereocenters. The number of aromatic nitrogens is 2. The Morgan fingerprint density at radius 2 is 1.96 bits per heavy atom. The molecule has 0 spiro atoms. The van der Waals surface area contributed by atoms with Gasteiger partial charge < -0.3 is 14.8 Å². The number of nitrogens with one attached hydrogen (secondary N) is 1. The molecular weight excluding hydrogens is 336 g/mol. The van der Waals surface area contributed by atoms with Crippen LogP contribution in [0.4, 0.5) is 4.79 Å². The van der Waals surface area contributed by atoms with Gasteiger partial charge >= 0.3 is 6.03 Å². The summed E-state index contributed by atoms with van der Waals surface area (Å²) in [5.74, 6) is 2.43. The van der Waals surface area contributed by atoms with E-state index in [1.165, 1.54) is 36.3 Å². The predicted octanol–water partition coefficient (Wildman–Crippen LogP) is 4.00. The quantitative estimate of drug-likeness (QED) is 0.869. The first-order chi connectivity index (χ1) is 13.1. The SMILES string of the molecule is Cc1ccc(CNC(=O)N2CCCC(Cn3c(C)cnc3C3CC3)C2)cc1. The zero-order valence-corrected chi connectivity index (χ0v) is 16.4. The number of likely N-dealkylation sites (tertiary alicyclic amines) is 1. The molecule has 1 saturated heterocycles. The fourth-order valence-electron chi connectivity index (χ4n) is 4.04. The molecule has 2 fully saturated rings. The van der Waals surface area contributed by atoms with Gasteiger partial charge in [-0.1, -0.05) is 29.8 Å². The highest BCUT2D eigenvalue weighted by atomic mass is 16.2. The molecule has 2 heterocycles. The van der Waals surface area contributed by atoms with Gasteiger partial charge in [-0.05, 0) is 51.0 Å². The molecule has 5 heteroatoms. The summed E-state index contributed by atoms with van der Waals surface area (Å²) in [5, 5.41) is 3.09. The largest absolute Gasteiger partial charge is 0.334 e. The number of hydrogen-bond donors (Lipinski definition) is 1. The summed E-state index contributed by atoms with van der Waals surface area (Å²) in [6, 6.07) is 8.39. The Labute approximate surface area is 161 Å². The van der Waals surface area contributed by atoms with E-state index in [9.17, 15) is 4.79 Å². The molecule has 2 aromatic rings. The molecule has 1 atom stereocenters. The molecule has 2 aliphatic rings. The lowest BCUT2D eigenvalue weighted by atomic mass is 9.98. The van der Waals surface area contributed by atoms with E-state index < -0.39 is 0 Å². The highest BCUT2D eigenvalue weighted by molar-refractivity contribution is 5.74. The monoisotopic (exact) mass is 366 g/mol. The van der Waals surface area contributed by atoms with Crippen LogP contribution in [-0.2, 0) is 13.1 Å². The number of rotatable bonds is 5. The summed E-state index contributed by atoms with van der Waals surface area (Å²) in [5.41, 5.74) is 3.63. The van der Waals surface area contributed by atoms with Gasteiger partial charge in [0, 0.05) is 44.0 Å². The number of hydrogen-bond acceptors (Lipinski definition) is 2. The normalized spacial score (nSPS) is 19.9. The van der Waals surface area contributed by atoms with Gasteiger partial charge in [-0.15, -0.1) is 0 Å². The summed E-state index contributed by atoms with van der Waals surface area (Å²) >= 11 is 0. The summed E-state index contributed by atoms with van der Waals surface area (Å²) < 4.78 is 2.40. The molecule has 1 aromatic heterocycles. The Morgan fingerprint density at radius 3 is 2.70 bits per heavy atom. The van der Waals surface area contributed by atoms with E-state index in [0.29, 0.717) is 18.4 Å². The van der Waals surface area contributed by atoms with Crippen LogP contribution in [0, 0.1) is 19.8 Å². The third-order valence-corrected chi connectivity index (χ3v) is 5.84. The first-order valence-electron chi connectivity index (χ1n) is 10.2. The molecule has 27 heavy (non-hydrogen) atoms. The number of aryl methyl sites for hydroxylation is 2. The maximum Gasteiger partial charge on any atom is 0.317 e. The van der Waals surface area contributed by atoms with Crippen LogP contribution >= 0.6 is 0 Å². The highest BCUT2D eigenvalue weighted by Crippen LogP contribution is 2.39. The zero-order valence-electron chi connectivity index (χ0n) is 16.4. The van der Waals surface area contributed by atoms with Crippen molar-refractivity contribution in [2.45, 2.75) is 58.5 Å². The van der Waals surface area contributed by atoms with E-state index in [0.717, 1.165) is 31.6 Å². The predicted molar refractivity (Wildman–Crippen MR) is 107 cm³/mol. The Balaban J connectivity index is 1.33. The molecule has 0 bridgehead atoms. The molecule has 1 aliphatic carbocycles. The van der Waals surface area contributed by atoms with E-state index in [4.69, 9.17) is 0 Å².